The SMILES string of the molecule is CC(Oc1ccccc1)C(=O)Nc1ccc(N)cc1. The summed E-state index contributed by atoms with van der Waals surface area (Å²) in [4.78, 5) is 11.9. The molecule has 2 aromatic rings. The number of carbonyl (C=O) groups is 1. The minimum Gasteiger partial charge on any atom is -0.481 e. The van der Waals surface area contributed by atoms with Crippen LogP contribution in [0.25, 0.3) is 0 Å². The number of benzene rings is 2. The second-order valence-corrected chi connectivity index (χ2v) is 4.18. The van der Waals surface area contributed by atoms with Gasteiger partial charge in [0.2, 0.25) is 0 Å². The Balaban J connectivity index is 1.94. The van der Waals surface area contributed by atoms with Crippen molar-refractivity contribution in [1.29, 1.82) is 0 Å². The van der Waals surface area contributed by atoms with E-state index in [0.29, 0.717) is 17.1 Å². The molecule has 0 saturated heterocycles. The number of rotatable bonds is 4. The molecule has 0 spiro atoms. The lowest BCUT2D eigenvalue weighted by atomic mass is 10.2. The van der Waals surface area contributed by atoms with Crippen LogP contribution in [0.2, 0.25) is 0 Å². The summed E-state index contributed by atoms with van der Waals surface area (Å²) < 4.78 is 5.54. The van der Waals surface area contributed by atoms with E-state index >= 15 is 0 Å². The van der Waals surface area contributed by atoms with Crippen molar-refractivity contribution in [2.24, 2.45) is 0 Å². The molecule has 0 aliphatic heterocycles. The first-order valence-corrected chi connectivity index (χ1v) is 6.03. The van der Waals surface area contributed by atoms with Gasteiger partial charge in [-0.25, -0.2) is 0 Å². The van der Waals surface area contributed by atoms with Crippen LogP contribution in [0.4, 0.5) is 11.4 Å². The summed E-state index contributed by atoms with van der Waals surface area (Å²) in [5.74, 6) is 0.469. The number of hydrogen-bond donors (Lipinski definition) is 2. The molecule has 0 aromatic heterocycles. The van der Waals surface area contributed by atoms with Crippen LogP contribution in [0.3, 0.4) is 0 Å². The number of nitrogen functional groups attached to an aromatic ring is 1. The monoisotopic (exact) mass is 256 g/mol. The van der Waals surface area contributed by atoms with Crippen molar-refractivity contribution >= 4 is 17.3 Å². The fourth-order valence-corrected chi connectivity index (χ4v) is 1.57. The number of nitrogens with one attached hydrogen (secondary N) is 1. The van der Waals surface area contributed by atoms with Gasteiger partial charge in [0.05, 0.1) is 0 Å². The Hall–Kier alpha value is -2.49. The average molecular weight is 256 g/mol. The Morgan fingerprint density at radius 3 is 2.37 bits per heavy atom. The van der Waals surface area contributed by atoms with Crippen LogP contribution in [-0.4, -0.2) is 12.0 Å². The van der Waals surface area contributed by atoms with Gasteiger partial charge in [-0.2, -0.15) is 0 Å². The number of amides is 1. The highest BCUT2D eigenvalue weighted by Gasteiger charge is 2.14. The first-order valence-electron chi connectivity index (χ1n) is 6.03. The predicted molar refractivity (Wildman–Crippen MR) is 76.0 cm³/mol. The van der Waals surface area contributed by atoms with Gasteiger partial charge in [-0.05, 0) is 43.3 Å². The maximum Gasteiger partial charge on any atom is 0.265 e. The molecule has 0 bridgehead atoms. The van der Waals surface area contributed by atoms with Gasteiger partial charge < -0.3 is 15.8 Å². The highest BCUT2D eigenvalue weighted by atomic mass is 16.5. The third kappa shape index (κ3) is 3.74. The number of hydrogen-bond acceptors (Lipinski definition) is 3. The summed E-state index contributed by atoms with van der Waals surface area (Å²) >= 11 is 0. The van der Waals surface area contributed by atoms with E-state index in [4.69, 9.17) is 10.5 Å². The van der Waals surface area contributed by atoms with Crippen LogP contribution in [0.15, 0.2) is 54.6 Å². The highest BCUT2D eigenvalue weighted by Crippen LogP contribution is 2.14. The van der Waals surface area contributed by atoms with Gasteiger partial charge in [-0.1, -0.05) is 18.2 Å². The first-order chi connectivity index (χ1) is 9.15. The lowest BCUT2D eigenvalue weighted by Crippen LogP contribution is -2.30. The fourth-order valence-electron chi connectivity index (χ4n) is 1.57. The molecule has 0 heterocycles. The lowest BCUT2D eigenvalue weighted by Gasteiger charge is -2.14. The number of nitrogens with two attached hydrogens (primary N) is 1. The van der Waals surface area contributed by atoms with Crippen molar-refractivity contribution < 1.29 is 9.53 Å². The molecule has 0 aliphatic rings. The molecule has 1 atom stereocenters. The summed E-state index contributed by atoms with van der Waals surface area (Å²) in [7, 11) is 0. The zero-order chi connectivity index (χ0) is 13.7. The summed E-state index contributed by atoms with van der Waals surface area (Å²) in [5.41, 5.74) is 6.94. The highest BCUT2D eigenvalue weighted by molar-refractivity contribution is 5.94. The molecule has 1 amide bonds. The molecule has 0 aliphatic carbocycles. The van der Waals surface area contributed by atoms with Gasteiger partial charge in [-0.15, -0.1) is 0 Å². The molecule has 0 fully saturated rings. The van der Waals surface area contributed by atoms with Gasteiger partial charge >= 0.3 is 0 Å². The smallest absolute Gasteiger partial charge is 0.265 e. The molecule has 3 N–H and O–H groups in total. The topological polar surface area (TPSA) is 64.3 Å². The molecule has 2 aromatic carbocycles. The lowest BCUT2D eigenvalue weighted by molar-refractivity contribution is -0.122. The van der Waals surface area contributed by atoms with Gasteiger partial charge in [0.25, 0.3) is 5.91 Å². The van der Waals surface area contributed by atoms with E-state index in [1.807, 2.05) is 30.3 Å². The second kappa shape index (κ2) is 5.91. The third-order valence-corrected chi connectivity index (χ3v) is 2.60. The zero-order valence-electron chi connectivity index (χ0n) is 10.7. The van der Waals surface area contributed by atoms with Crippen molar-refractivity contribution in [2.75, 3.05) is 11.1 Å². The van der Waals surface area contributed by atoms with Crippen molar-refractivity contribution in [2.45, 2.75) is 13.0 Å². The number of ether oxygens (including phenoxy) is 1. The third-order valence-electron chi connectivity index (χ3n) is 2.60. The molecule has 0 saturated carbocycles. The molecule has 1 unspecified atom stereocenters. The Labute approximate surface area is 112 Å². The number of para-hydroxylation sites is 1. The van der Waals surface area contributed by atoms with E-state index < -0.39 is 6.10 Å². The Morgan fingerprint density at radius 1 is 1.11 bits per heavy atom. The molecule has 4 heteroatoms. The average Bonchev–Trinajstić information content (AvgIpc) is 2.42. The van der Waals surface area contributed by atoms with E-state index in [1.54, 1.807) is 31.2 Å². The molecule has 0 radical (unpaired) electrons. The van der Waals surface area contributed by atoms with Crippen LogP contribution in [0.5, 0.6) is 5.75 Å². The Kier molecular flexibility index (Phi) is 4.03. The molecule has 98 valence electrons. The molecule has 2 rings (SSSR count). The van der Waals surface area contributed by atoms with Gasteiger partial charge in [-0.3, -0.25) is 4.79 Å². The van der Waals surface area contributed by atoms with E-state index in [-0.39, 0.29) is 5.91 Å². The summed E-state index contributed by atoms with van der Waals surface area (Å²) in [6.07, 6.45) is -0.569. The van der Waals surface area contributed by atoms with Crippen LogP contribution in [-0.2, 0) is 4.79 Å². The van der Waals surface area contributed by atoms with Gasteiger partial charge in [0.15, 0.2) is 6.10 Å². The standard InChI is InChI=1S/C15H16N2O2/c1-11(19-14-5-3-2-4-6-14)15(18)17-13-9-7-12(16)8-10-13/h2-11H,16H2,1H3,(H,17,18). The summed E-state index contributed by atoms with van der Waals surface area (Å²) in [6.45, 7) is 1.71. The molecule has 19 heavy (non-hydrogen) atoms. The largest absolute Gasteiger partial charge is 0.481 e. The predicted octanol–water partition coefficient (Wildman–Crippen LogP) is 2.67. The summed E-state index contributed by atoms with van der Waals surface area (Å²) in [6, 6.07) is 16.2. The normalized spacial score (nSPS) is 11.6. The van der Waals surface area contributed by atoms with E-state index in [9.17, 15) is 4.79 Å². The van der Waals surface area contributed by atoms with Crippen molar-refractivity contribution in [1.82, 2.24) is 0 Å². The molecule has 4 nitrogen and oxygen atoms in total. The first kappa shape index (κ1) is 13.0. The maximum absolute atomic E-state index is 11.9. The van der Waals surface area contributed by atoms with Crippen LogP contribution in [0.1, 0.15) is 6.92 Å². The second-order valence-electron chi connectivity index (χ2n) is 4.18. The van der Waals surface area contributed by atoms with Crippen molar-refractivity contribution in [3.05, 3.63) is 54.6 Å². The number of carbonyl (C=O) groups excluding carboxylic acids is 1. The van der Waals surface area contributed by atoms with Crippen molar-refractivity contribution in [3.8, 4) is 5.75 Å². The van der Waals surface area contributed by atoms with E-state index in [0.717, 1.165) is 0 Å². The zero-order valence-corrected chi connectivity index (χ0v) is 10.7. The molecular weight excluding hydrogens is 240 g/mol. The van der Waals surface area contributed by atoms with Gasteiger partial charge in [0.1, 0.15) is 5.75 Å². The van der Waals surface area contributed by atoms with E-state index in [2.05, 4.69) is 5.32 Å². The minimum absolute atomic E-state index is 0.200. The van der Waals surface area contributed by atoms with Crippen LogP contribution < -0.4 is 15.8 Å². The summed E-state index contributed by atoms with van der Waals surface area (Å²) in [5, 5.41) is 2.77. The van der Waals surface area contributed by atoms with Gasteiger partial charge in [0, 0.05) is 11.4 Å². The van der Waals surface area contributed by atoms with E-state index in [1.165, 1.54) is 0 Å². The fraction of sp³-hybridized carbons (Fsp3) is 0.133. The minimum atomic E-state index is -0.569. The van der Waals surface area contributed by atoms with Crippen LogP contribution in [0, 0.1) is 0 Å². The maximum atomic E-state index is 11.9. The van der Waals surface area contributed by atoms with Crippen LogP contribution >= 0.6 is 0 Å². The Bertz CT molecular complexity index is 538. The molecular formula is C15H16N2O2. The van der Waals surface area contributed by atoms with Crippen molar-refractivity contribution in [3.63, 3.8) is 0 Å². The number of anilines is 2. The Morgan fingerprint density at radius 2 is 1.74 bits per heavy atom. The quantitative estimate of drug-likeness (QED) is 0.827.